The van der Waals surface area contributed by atoms with Crippen LogP contribution in [0.5, 0.6) is 0 Å². The smallest absolute Gasteiger partial charge is 0.245 e. The lowest BCUT2D eigenvalue weighted by molar-refractivity contribution is -0.134. The standard InChI is InChI=1S/C28H36N4O3/c1-21-12-14-23(15-13-21)32-25(19-24(30-32)28(2,3)4)29-26(33)20-31(16-9-17-35-5)27(34)18-22-10-7-6-8-11-22/h6-8,10-15,19H,9,16-18,20H2,1-5H3,(H,29,33). The van der Waals surface area contributed by atoms with Crippen molar-refractivity contribution in [2.24, 2.45) is 0 Å². The van der Waals surface area contributed by atoms with Gasteiger partial charge in [-0.15, -0.1) is 0 Å². The van der Waals surface area contributed by atoms with Gasteiger partial charge in [0, 0.05) is 31.7 Å². The van der Waals surface area contributed by atoms with Gasteiger partial charge in [0.15, 0.2) is 0 Å². The fraction of sp³-hybridized carbons (Fsp3) is 0.393. The van der Waals surface area contributed by atoms with Crippen molar-refractivity contribution in [2.75, 3.05) is 32.1 Å². The van der Waals surface area contributed by atoms with E-state index >= 15 is 0 Å². The van der Waals surface area contributed by atoms with Crippen LogP contribution in [0.2, 0.25) is 0 Å². The molecule has 0 spiro atoms. The SMILES string of the molecule is COCCCN(CC(=O)Nc1cc(C(C)(C)C)nn1-c1ccc(C)cc1)C(=O)Cc1ccccc1. The van der Waals surface area contributed by atoms with Crippen LogP contribution in [-0.4, -0.2) is 53.3 Å². The summed E-state index contributed by atoms with van der Waals surface area (Å²) >= 11 is 0. The maximum atomic E-state index is 13.1. The third kappa shape index (κ3) is 7.52. The number of aryl methyl sites for hydroxylation is 1. The first-order valence-electron chi connectivity index (χ1n) is 12.0. The molecule has 7 heteroatoms. The van der Waals surface area contributed by atoms with Crippen LogP contribution in [0.25, 0.3) is 5.69 Å². The van der Waals surface area contributed by atoms with E-state index in [0.717, 1.165) is 22.5 Å². The van der Waals surface area contributed by atoms with E-state index in [1.54, 1.807) is 16.7 Å². The summed E-state index contributed by atoms with van der Waals surface area (Å²) in [5.41, 5.74) is 3.60. The molecular formula is C28H36N4O3. The maximum absolute atomic E-state index is 13.1. The Morgan fingerprint density at radius 1 is 1.06 bits per heavy atom. The average Bonchev–Trinajstić information content (AvgIpc) is 3.24. The molecule has 1 N–H and O–H groups in total. The summed E-state index contributed by atoms with van der Waals surface area (Å²) in [6.07, 6.45) is 0.899. The Morgan fingerprint density at radius 2 is 1.74 bits per heavy atom. The number of carbonyl (C=O) groups is 2. The Balaban J connectivity index is 1.79. The van der Waals surface area contributed by atoms with Crippen molar-refractivity contribution < 1.29 is 14.3 Å². The van der Waals surface area contributed by atoms with E-state index in [4.69, 9.17) is 9.84 Å². The Bertz CT molecular complexity index is 1120. The third-order valence-electron chi connectivity index (χ3n) is 5.69. The van der Waals surface area contributed by atoms with Gasteiger partial charge < -0.3 is 15.0 Å². The van der Waals surface area contributed by atoms with Crippen molar-refractivity contribution in [1.82, 2.24) is 14.7 Å². The Hall–Kier alpha value is -3.45. The molecule has 0 aliphatic rings. The van der Waals surface area contributed by atoms with Crippen LogP contribution in [0, 0.1) is 6.92 Å². The Morgan fingerprint density at radius 3 is 2.37 bits per heavy atom. The average molecular weight is 477 g/mol. The molecule has 0 aliphatic carbocycles. The molecular weight excluding hydrogens is 440 g/mol. The largest absolute Gasteiger partial charge is 0.385 e. The van der Waals surface area contributed by atoms with Crippen molar-refractivity contribution in [1.29, 1.82) is 0 Å². The number of amides is 2. The van der Waals surface area contributed by atoms with E-state index < -0.39 is 0 Å². The van der Waals surface area contributed by atoms with Crippen LogP contribution in [0.3, 0.4) is 0 Å². The van der Waals surface area contributed by atoms with E-state index in [9.17, 15) is 9.59 Å². The first kappa shape index (κ1) is 26.2. The van der Waals surface area contributed by atoms with Gasteiger partial charge >= 0.3 is 0 Å². The van der Waals surface area contributed by atoms with Gasteiger partial charge in [-0.2, -0.15) is 5.10 Å². The predicted octanol–water partition coefficient (Wildman–Crippen LogP) is 4.52. The molecule has 0 atom stereocenters. The summed E-state index contributed by atoms with van der Waals surface area (Å²) in [5, 5.41) is 7.76. The normalized spacial score (nSPS) is 11.3. The molecule has 0 radical (unpaired) electrons. The van der Waals surface area contributed by atoms with Gasteiger partial charge in [0.25, 0.3) is 0 Å². The number of nitrogens with zero attached hydrogens (tertiary/aromatic N) is 3. The molecule has 1 heterocycles. The number of anilines is 1. The molecule has 0 bridgehead atoms. The van der Waals surface area contributed by atoms with Crippen molar-refractivity contribution in [3.63, 3.8) is 0 Å². The highest BCUT2D eigenvalue weighted by Gasteiger charge is 2.23. The summed E-state index contributed by atoms with van der Waals surface area (Å²) in [4.78, 5) is 27.8. The lowest BCUT2D eigenvalue weighted by Crippen LogP contribution is -2.40. The fourth-order valence-electron chi connectivity index (χ4n) is 3.65. The van der Waals surface area contributed by atoms with E-state index in [0.29, 0.717) is 25.4 Å². The summed E-state index contributed by atoms with van der Waals surface area (Å²) < 4.78 is 6.90. The number of methoxy groups -OCH3 is 1. The second kappa shape index (κ2) is 11.8. The number of ether oxygens (including phenoxy) is 1. The third-order valence-corrected chi connectivity index (χ3v) is 5.69. The van der Waals surface area contributed by atoms with E-state index in [1.165, 1.54) is 0 Å². The molecule has 1 aromatic heterocycles. The minimum atomic E-state index is -0.266. The quantitative estimate of drug-likeness (QED) is 0.437. The van der Waals surface area contributed by atoms with E-state index in [2.05, 4.69) is 26.1 Å². The van der Waals surface area contributed by atoms with Gasteiger partial charge in [-0.1, -0.05) is 68.8 Å². The number of aromatic nitrogens is 2. The number of carbonyl (C=O) groups excluding carboxylic acids is 2. The van der Waals surface area contributed by atoms with Crippen LogP contribution >= 0.6 is 0 Å². The number of hydrogen-bond acceptors (Lipinski definition) is 4. The molecule has 0 aliphatic heterocycles. The van der Waals surface area contributed by atoms with Gasteiger partial charge in [0.2, 0.25) is 11.8 Å². The van der Waals surface area contributed by atoms with Crippen molar-refractivity contribution in [2.45, 2.75) is 46.0 Å². The molecule has 2 aromatic carbocycles. The highest BCUT2D eigenvalue weighted by Crippen LogP contribution is 2.26. The number of rotatable bonds is 10. The van der Waals surface area contributed by atoms with Gasteiger partial charge in [-0.05, 0) is 31.0 Å². The van der Waals surface area contributed by atoms with Crippen LogP contribution in [0.15, 0.2) is 60.7 Å². The van der Waals surface area contributed by atoms with Gasteiger partial charge in [-0.25, -0.2) is 4.68 Å². The molecule has 3 rings (SSSR count). The minimum absolute atomic E-state index is 0.0424. The minimum Gasteiger partial charge on any atom is -0.385 e. The first-order chi connectivity index (χ1) is 16.7. The van der Waals surface area contributed by atoms with Gasteiger partial charge in [0.1, 0.15) is 5.82 Å². The Labute approximate surface area is 208 Å². The van der Waals surface area contributed by atoms with E-state index in [1.807, 2.05) is 67.6 Å². The summed E-state index contributed by atoms with van der Waals surface area (Å²) in [7, 11) is 1.63. The number of nitrogens with one attached hydrogen (secondary N) is 1. The first-order valence-corrected chi connectivity index (χ1v) is 12.0. The maximum Gasteiger partial charge on any atom is 0.245 e. The second-order valence-corrected chi connectivity index (χ2v) is 9.78. The lowest BCUT2D eigenvalue weighted by atomic mass is 9.92. The highest BCUT2D eigenvalue weighted by molar-refractivity contribution is 5.94. The van der Waals surface area contributed by atoms with Crippen LogP contribution < -0.4 is 5.32 Å². The summed E-state index contributed by atoms with van der Waals surface area (Å²) in [6, 6.07) is 19.4. The number of benzene rings is 2. The number of hydrogen-bond donors (Lipinski definition) is 1. The van der Waals surface area contributed by atoms with Crippen LogP contribution in [0.1, 0.15) is 44.0 Å². The summed E-state index contributed by atoms with van der Waals surface area (Å²) in [5.74, 6) is 0.221. The molecule has 0 saturated heterocycles. The zero-order valence-corrected chi connectivity index (χ0v) is 21.4. The molecule has 186 valence electrons. The lowest BCUT2D eigenvalue weighted by Gasteiger charge is -2.22. The molecule has 2 amide bonds. The van der Waals surface area contributed by atoms with E-state index in [-0.39, 0.29) is 30.2 Å². The van der Waals surface area contributed by atoms with Gasteiger partial charge in [-0.3, -0.25) is 9.59 Å². The molecule has 7 nitrogen and oxygen atoms in total. The predicted molar refractivity (Wildman–Crippen MR) is 139 cm³/mol. The topological polar surface area (TPSA) is 76.5 Å². The van der Waals surface area contributed by atoms with Crippen molar-refractivity contribution in [3.8, 4) is 5.69 Å². The zero-order chi connectivity index (χ0) is 25.4. The Kier molecular flexibility index (Phi) is 8.82. The molecule has 0 unspecified atom stereocenters. The highest BCUT2D eigenvalue weighted by atomic mass is 16.5. The van der Waals surface area contributed by atoms with Crippen molar-refractivity contribution >= 4 is 17.6 Å². The molecule has 35 heavy (non-hydrogen) atoms. The monoisotopic (exact) mass is 476 g/mol. The molecule has 0 fully saturated rings. The summed E-state index contributed by atoms with van der Waals surface area (Å²) in [6.45, 7) is 9.20. The molecule has 3 aromatic rings. The van der Waals surface area contributed by atoms with Crippen LogP contribution in [-0.2, 0) is 26.2 Å². The second-order valence-electron chi connectivity index (χ2n) is 9.78. The van der Waals surface area contributed by atoms with Crippen molar-refractivity contribution in [3.05, 3.63) is 77.5 Å². The molecule has 0 saturated carbocycles. The zero-order valence-electron chi connectivity index (χ0n) is 21.4. The van der Waals surface area contributed by atoms with Crippen LogP contribution in [0.4, 0.5) is 5.82 Å². The van der Waals surface area contributed by atoms with Gasteiger partial charge in [0.05, 0.1) is 24.3 Å². The fourth-order valence-corrected chi connectivity index (χ4v) is 3.65.